The zero-order valence-electron chi connectivity index (χ0n) is 19.0. The fourth-order valence-corrected chi connectivity index (χ4v) is 3.40. The predicted octanol–water partition coefficient (Wildman–Crippen LogP) is 3.24. The normalized spacial score (nSPS) is 11.0. The van der Waals surface area contributed by atoms with Crippen molar-refractivity contribution in [2.75, 3.05) is 43.9 Å². The number of aromatic nitrogens is 3. The van der Waals surface area contributed by atoms with Gasteiger partial charge in [-0.1, -0.05) is 18.5 Å². The van der Waals surface area contributed by atoms with E-state index in [1.54, 1.807) is 12.1 Å². The van der Waals surface area contributed by atoms with E-state index in [0.29, 0.717) is 29.5 Å². The van der Waals surface area contributed by atoms with Crippen LogP contribution in [0.5, 0.6) is 0 Å². The first-order chi connectivity index (χ1) is 16.4. The Labute approximate surface area is 201 Å². The highest BCUT2D eigenvalue weighted by Gasteiger charge is 2.12. The summed E-state index contributed by atoms with van der Waals surface area (Å²) in [4.78, 5) is 31.0. The molecule has 9 nitrogen and oxygen atoms in total. The second-order valence-corrected chi connectivity index (χ2v) is 7.95. The minimum atomic E-state index is -0.517. The van der Waals surface area contributed by atoms with E-state index in [1.807, 2.05) is 7.05 Å². The maximum absolute atomic E-state index is 14.2. The van der Waals surface area contributed by atoms with Crippen molar-refractivity contribution in [1.29, 1.82) is 0 Å². The van der Waals surface area contributed by atoms with Crippen LogP contribution in [0.3, 0.4) is 0 Å². The molecule has 4 N–H and O–H groups in total. The number of halogens is 2. The van der Waals surface area contributed by atoms with E-state index in [4.69, 9.17) is 11.6 Å². The van der Waals surface area contributed by atoms with Gasteiger partial charge in [-0.2, -0.15) is 5.10 Å². The van der Waals surface area contributed by atoms with Gasteiger partial charge in [-0.3, -0.25) is 9.59 Å². The molecule has 0 saturated heterocycles. The Morgan fingerprint density at radius 2 is 2.03 bits per heavy atom. The number of aromatic amines is 1. The zero-order valence-corrected chi connectivity index (χ0v) is 19.7. The van der Waals surface area contributed by atoms with Crippen LogP contribution in [0.1, 0.15) is 13.3 Å². The van der Waals surface area contributed by atoms with Crippen LogP contribution >= 0.6 is 11.6 Å². The number of hydrogen-bond donors (Lipinski definition) is 4. The van der Waals surface area contributed by atoms with Crippen LogP contribution in [0.4, 0.5) is 21.6 Å². The third kappa shape index (κ3) is 7.08. The van der Waals surface area contributed by atoms with Gasteiger partial charge in [-0.05, 0) is 43.9 Å². The second-order valence-electron chi connectivity index (χ2n) is 7.51. The minimum Gasteiger partial charge on any atom is -0.351 e. The maximum Gasteiger partial charge on any atom is 0.287 e. The highest BCUT2D eigenvalue weighted by molar-refractivity contribution is 6.30. The lowest BCUT2D eigenvalue weighted by Crippen LogP contribution is -2.33. The Kier molecular flexibility index (Phi) is 9.08. The number of hydrogen-bond acceptors (Lipinski definition) is 7. The summed E-state index contributed by atoms with van der Waals surface area (Å²) in [7, 11) is 1.89. The number of H-pyrrole nitrogens is 1. The van der Waals surface area contributed by atoms with E-state index in [9.17, 15) is 14.0 Å². The van der Waals surface area contributed by atoms with Crippen molar-refractivity contribution >= 4 is 34.7 Å². The van der Waals surface area contributed by atoms with Gasteiger partial charge < -0.3 is 20.9 Å². The Hall–Kier alpha value is -3.34. The molecule has 3 aromatic rings. The molecule has 180 valence electrons. The van der Waals surface area contributed by atoms with Gasteiger partial charge in [0.05, 0.1) is 5.69 Å². The summed E-state index contributed by atoms with van der Waals surface area (Å²) in [5.41, 5.74) is 0.545. The van der Waals surface area contributed by atoms with E-state index in [0.717, 1.165) is 19.6 Å². The second kappa shape index (κ2) is 12.2. The number of carbonyl (C=O) groups is 1. The van der Waals surface area contributed by atoms with Gasteiger partial charge in [0.2, 0.25) is 5.91 Å². The smallest absolute Gasteiger partial charge is 0.287 e. The number of carbonyl (C=O) groups excluding carboxylic acids is 1. The van der Waals surface area contributed by atoms with Gasteiger partial charge in [0.25, 0.3) is 5.56 Å². The Morgan fingerprint density at radius 1 is 1.21 bits per heavy atom. The first-order valence-electron chi connectivity index (χ1n) is 10.8. The number of anilines is 3. The van der Waals surface area contributed by atoms with Gasteiger partial charge in [-0.25, -0.2) is 14.5 Å². The molecule has 0 saturated carbocycles. The summed E-state index contributed by atoms with van der Waals surface area (Å²) < 4.78 is 14.2. The van der Waals surface area contributed by atoms with Crippen molar-refractivity contribution in [2.45, 2.75) is 13.3 Å². The van der Waals surface area contributed by atoms with Crippen LogP contribution in [-0.2, 0) is 4.79 Å². The number of pyridine rings is 1. The Bertz CT molecular complexity index is 1190. The van der Waals surface area contributed by atoms with E-state index in [2.05, 4.69) is 43.0 Å². The molecule has 2 aromatic heterocycles. The molecule has 0 atom stereocenters. The molecule has 0 spiro atoms. The average molecular weight is 488 g/mol. The number of rotatable bonds is 11. The number of nitrogens with one attached hydrogen (secondary N) is 4. The van der Waals surface area contributed by atoms with Crippen LogP contribution < -0.4 is 21.5 Å². The summed E-state index contributed by atoms with van der Waals surface area (Å²) in [5, 5.41) is 15.5. The molecule has 1 aromatic carbocycles. The van der Waals surface area contributed by atoms with E-state index >= 15 is 0 Å². The summed E-state index contributed by atoms with van der Waals surface area (Å²) >= 11 is 5.97. The molecule has 0 unspecified atom stereocenters. The monoisotopic (exact) mass is 487 g/mol. The molecule has 11 heteroatoms. The lowest BCUT2D eigenvalue weighted by atomic mass is 10.1. The number of benzene rings is 1. The van der Waals surface area contributed by atoms with Crippen molar-refractivity contribution in [3.05, 3.63) is 63.8 Å². The first kappa shape index (κ1) is 25.3. The highest BCUT2D eigenvalue weighted by atomic mass is 35.5. The number of likely N-dealkylation sites (N-methyl/N-ethyl adjacent to an activating group) is 2. The van der Waals surface area contributed by atoms with E-state index < -0.39 is 11.4 Å². The molecule has 0 bridgehead atoms. The predicted molar refractivity (Wildman–Crippen MR) is 132 cm³/mol. The van der Waals surface area contributed by atoms with Crippen LogP contribution in [-0.4, -0.2) is 59.2 Å². The van der Waals surface area contributed by atoms with Crippen LogP contribution in [0, 0.1) is 5.82 Å². The van der Waals surface area contributed by atoms with Crippen LogP contribution in [0.2, 0.25) is 5.02 Å². The van der Waals surface area contributed by atoms with E-state index in [1.165, 1.54) is 30.5 Å². The molecular weight excluding hydrogens is 461 g/mol. The lowest BCUT2D eigenvalue weighted by Gasteiger charge is -2.19. The SMILES string of the molecule is CCN(CCNC)CCC(=O)Nc1cc(Nc2cc(-c3cc(Cl)ccc3F)n[nH]c2=O)ccn1. The van der Waals surface area contributed by atoms with Crippen molar-refractivity contribution in [3.8, 4) is 11.3 Å². The standard InChI is InChI=1S/C23H27ClFN7O2/c1-3-32(11-9-26-2)10-7-22(33)29-21-13-16(6-8-27-21)28-20-14-19(30-31-23(20)34)17-12-15(24)4-5-18(17)25/h4-6,8,12-14,26H,3,7,9-11H2,1-2H3,(H,31,34)(H2,27,28,29,30,33). The van der Waals surface area contributed by atoms with Crippen LogP contribution in [0.25, 0.3) is 11.3 Å². The van der Waals surface area contributed by atoms with E-state index in [-0.39, 0.29) is 22.9 Å². The number of nitrogens with zero attached hydrogens (tertiary/aromatic N) is 3. The summed E-state index contributed by atoms with van der Waals surface area (Å²) in [6, 6.07) is 8.77. The highest BCUT2D eigenvalue weighted by Crippen LogP contribution is 2.26. The molecule has 0 aliphatic heterocycles. The lowest BCUT2D eigenvalue weighted by molar-refractivity contribution is -0.116. The summed E-state index contributed by atoms with van der Waals surface area (Å²) in [5.74, 6) is -0.329. The fraction of sp³-hybridized carbons (Fsp3) is 0.304. The molecule has 3 rings (SSSR count). The third-order valence-electron chi connectivity index (χ3n) is 5.09. The summed E-state index contributed by atoms with van der Waals surface area (Å²) in [6.45, 7) is 5.26. The molecule has 0 fully saturated rings. The number of amides is 1. The van der Waals surface area contributed by atoms with Gasteiger partial charge >= 0.3 is 0 Å². The summed E-state index contributed by atoms with van der Waals surface area (Å²) in [6.07, 6.45) is 1.84. The molecule has 0 radical (unpaired) electrons. The molecule has 1 amide bonds. The van der Waals surface area contributed by atoms with Gasteiger partial charge in [0, 0.05) is 54.6 Å². The molecular formula is C23H27ClFN7O2. The maximum atomic E-state index is 14.2. The Balaban J connectivity index is 1.69. The molecule has 34 heavy (non-hydrogen) atoms. The van der Waals surface area contributed by atoms with Crippen LogP contribution in [0.15, 0.2) is 47.4 Å². The molecule has 0 aliphatic carbocycles. The molecule has 0 aliphatic rings. The van der Waals surface area contributed by atoms with Crippen molar-refractivity contribution in [3.63, 3.8) is 0 Å². The van der Waals surface area contributed by atoms with Gasteiger partial charge in [-0.15, -0.1) is 0 Å². The van der Waals surface area contributed by atoms with Crippen molar-refractivity contribution < 1.29 is 9.18 Å². The quantitative estimate of drug-likeness (QED) is 0.328. The average Bonchev–Trinajstić information content (AvgIpc) is 2.82. The topological polar surface area (TPSA) is 115 Å². The van der Waals surface area contributed by atoms with Gasteiger partial charge in [0.1, 0.15) is 17.3 Å². The van der Waals surface area contributed by atoms with Crippen molar-refractivity contribution in [1.82, 2.24) is 25.4 Å². The third-order valence-corrected chi connectivity index (χ3v) is 5.33. The fourth-order valence-electron chi connectivity index (χ4n) is 3.23. The molecule has 2 heterocycles. The minimum absolute atomic E-state index is 0.149. The largest absolute Gasteiger partial charge is 0.351 e. The first-order valence-corrected chi connectivity index (χ1v) is 11.2. The Morgan fingerprint density at radius 3 is 2.79 bits per heavy atom. The van der Waals surface area contributed by atoms with Gasteiger partial charge in [0.15, 0.2) is 0 Å². The van der Waals surface area contributed by atoms with Crippen molar-refractivity contribution in [2.24, 2.45) is 0 Å². The zero-order chi connectivity index (χ0) is 24.5.